The number of hydrogen-bond donors (Lipinski definition) is 3. The van der Waals surface area contributed by atoms with Crippen LogP contribution in [-0.4, -0.2) is 36.1 Å². The quantitative estimate of drug-likeness (QED) is 0.550. The van der Waals surface area contributed by atoms with Gasteiger partial charge >= 0.3 is 0 Å². The molecular formula is C13H22FN5S. The highest BCUT2D eigenvalue weighted by molar-refractivity contribution is 8.09. The average molecular weight is 299 g/mol. The minimum Gasteiger partial charge on any atom is -0.394 e. The second-order valence-electron chi connectivity index (χ2n) is 4.44. The maximum Gasteiger partial charge on any atom is 0.194 e. The van der Waals surface area contributed by atoms with Gasteiger partial charge in [0, 0.05) is 33.5 Å². The molecule has 0 fully saturated rings. The van der Waals surface area contributed by atoms with E-state index in [0.717, 1.165) is 29.2 Å². The molecule has 0 unspecified atom stereocenters. The Kier molecular flexibility index (Phi) is 5.94. The van der Waals surface area contributed by atoms with Crippen LogP contribution >= 0.6 is 12.1 Å². The molecule has 0 aromatic carbocycles. The van der Waals surface area contributed by atoms with Crippen molar-refractivity contribution < 1.29 is 3.89 Å². The van der Waals surface area contributed by atoms with Crippen molar-refractivity contribution in [1.82, 2.24) is 20.4 Å². The lowest BCUT2D eigenvalue weighted by Gasteiger charge is -2.35. The Labute approximate surface area is 124 Å². The molecule has 3 N–H and O–H groups in total. The number of halogens is 1. The Morgan fingerprint density at radius 1 is 1.65 bits per heavy atom. The van der Waals surface area contributed by atoms with Crippen molar-refractivity contribution in [2.24, 2.45) is 0 Å². The molecule has 1 heterocycles. The first-order valence-electron chi connectivity index (χ1n) is 6.36. The number of likely N-dealkylation sites (N-methyl/N-ethyl adjacent to an activating group) is 1. The average Bonchev–Trinajstić information content (AvgIpc) is 2.45. The van der Waals surface area contributed by atoms with E-state index >= 15 is 0 Å². The summed E-state index contributed by atoms with van der Waals surface area (Å²) < 4.78 is 12.6. The van der Waals surface area contributed by atoms with Crippen molar-refractivity contribution in [3.05, 3.63) is 35.2 Å². The van der Waals surface area contributed by atoms with Crippen LogP contribution < -0.4 is 10.6 Å². The second kappa shape index (κ2) is 7.23. The molecule has 0 aliphatic carbocycles. The van der Waals surface area contributed by atoms with Crippen LogP contribution in [0.3, 0.4) is 0 Å². The zero-order valence-corrected chi connectivity index (χ0v) is 13.4. The molecule has 1 aliphatic rings. The Balaban J connectivity index is 3.09. The van der Waals surface area contributed by atoms with Crippen molar-refractivity contribution in [1.29, 1.82) is 5.41 Å². The molecule has 0 aromatic rings. The molecule has 0 amide bonds. The Morgan fingerprint density at radius 2 is 2.30 bits per heavy atom. The number of allylic oxidation sites excluding steroid dienone is 2. The number of nitrogens with one attached hydrogen (secondary N) is 3. The van der Waals surface area contributed by atoms with E-state index in [-0.39, 0.29) is 17.3 Å². The molecule has 0 saturated carbocycles. The fourth-order valence-electron chi connectivity index (χ4n) is 2.14. The zero-order valence-electron chi connectivity index (χ0n) is 12.5. The molecule has 0 saturated heterocycles. The van der Waals surface area contributed by atoms with Crippen molar-refractivity contribution in [3.8, 4) is 0 Å². The largest absolute Gasteiger partial charge is 0.394 e. The highest BCUT2D eigenvalue weighted by Gasteiger charge is 2.23. The monoisotopic (exact) mass is 299 g/mol. The van der Waals surface area contributed by atoms with E-state index in [1.807, 2.05) is 40.3 Å². The molecule has 1 rings (SSSR count). The highest BCUT2D eigenvalue weighted by Crippen LogP contribution is 2.27. The van der Waals surface area contributed by atoms with Gasteiger partial charge in [0.2, 0.25) is 0 Å². The third-order valence-electron chi connectivity index (χ3n) is 3.20. The molecular weight excluding hydrogens is 277 g/mol. The SMILES string of the molecule is CCC1=C(N(C)C(=N)SF)NC=C(/C(C)=C/NC)N1C. The zero-order chi connectivity index (χ0) is 15.3. The van der Waals surface area contributed by atoms with Gasteiger partial charge in [0.25, 0.3) is 0 Å². The van der Waals surface area contributed by atoms with E-state index in [1.165, 1.54) is 4.90 Å². The third-order valence-corrected chi connectivity index (χ3v) is 3.62. The molecule has 1 aliphatic heterocycles. The summed E-state index contributed by atoms with van der Waals surface area (Å²) in [6, 6.07) is 0. The maximum atomic E-state index is 12.6. The Bertz CT molecular complexity index is 469. The molecule has 112 valence electrons. The lowest BCUT2D eigenvalue weighted by Crippen LogP contribution is -2.38. The van der Waals surface area contributed by atoms with Gasteiger partial charge in [-0.1, -0.05) is 6.92 Å². The summed E-state index contributed by atoms with van der Waals surface area (Å²) in [6.07, 6.45) is 4.56. The maximum absolute atomic E-state index is 12.6. The van der Waals surface area contributed by atoms with E-state index in [4.69, 9.17) is 5.41 Å². The first-order valence-corrected chi connectivity index (χ1v) is 7.08. The summed E-state index contributed by atoms with van der Waals surface area (Å²) in [4.78, 5) is 3.56. The van der Waals surface area contributed by atoms with E-state index < -0.39 is 0 Å². The normalized spacial score (nSPS) is 15.8. The Morgan fingerprint density at radius 3 is 2.80 bits per heavy atom. The first kappa shape index (κ1) is 16.4. The molecule has 20 heavy (non-hydrogen) atoms. The fraction of sp³-hybridized carbons (Fsp3) is 0.462. The van der Waals surface area contributed by atoms with Gasteiger partial charge in [-0.2, -0.15) is 3.89 Å². The van der Waals surface area contributed by atoms with Crippen molar-refractivity contribution in [3.63, 3.8) is 0 Å². The Hall–Kier alpha value is -1.63. The molecule has 0 atom stereocenters. The smallest absolute Gasteiger partial charge is 0.194 e. The summed E-state index contributed by atoms with van der Waals surface area (Å²) in [7, 11) is 5.50. The molecule has 0 aromatic heterocycles. The van der Waals surface area contributed by atoms with E-state index in [9.17, 15) is 3.89 Å². The lowest BCUT2D eigenvalue weighted by molar-refractivity contribution is 0.434. The number of amidine groups is 1. The van der Waals surface area contributed by atoms with Gasteiger partial charge in [-0.3, -0.25) is 5.41 Å². The second-order valence-corrected chi connectivity index (χ2v) is 4.98. The van der Waals surface area contributed by atoms with Crippen molar-refractivity contribution >= 4 is 17.3 Å². The van der Waals surface area contributed by atoms with Crippen LogP contribution in [0.2, 0.25) is 0 Å². The predicted octanol–water partition coefficient (Wildman–Crippen LogP) is 2.55. The van der Waals surface area contributed by atoms with Gasteiger partial charge in [-0.15, -0.1) is 0 Å². The number of rotatable bonds is 4. The van der Waals surface area contributed by atoms with Gasteiger partial charge in [0.1, 0.15) is 18.0 Å². The van der Waals surface area contributed by atoms with E-state index in [0.29, 0.717) is 0 Å². The minimum absolute atomic E-state index is 0.0700. The van der Waals surface area contributed by atoms with Crippen LogP contribution in [0.5, 0.6) is 0 Å². The van der Waals surface area contributed by atoms with Crippen LogP contribution in [0.15, 0.2) is 35.2 Å². The third kappa shape index (κ3) is 3.27. The van der Waals surface area contributed by atoms with Crippen molar-refractivity contribution in [2.75, 3.05) is 21.1 Å². The molecule has 0 spiro atoms. The summed E-state index contributed by atoms with van der Waals surface area (Å²) in [6.45, 7) is 4.05. The van der Waals surface area contributed by atoms with Gasteiger partial charge in [-0.25, -0.2) is 0 Å². The molecule has 0 radical (unpaired) electrons. The van der Waals surface area contributed by atoms with Crippen LogP contribution in [0.1, 0.15) is 20.3 Å². The van der Waals surface area contributed by atoms with Crippen LogP contribution in [0, 0.1) is 5.41 Å². The minimum atomic E-state index is -0.147. The first-order chi connectivity index (χ1) is 9.47. The van der Waals surface area contributed by atoms with Crippen LogP contribution in [0.4, 0.5) is 3.89 Å². The van der Waals surface area contributed by atoms with Crippen LogP contribution in [-0.2, 0) is 0 Å². The fourth-order valence-corrected chi connectivity index (χ4v) is 2.33. The van der Waals surface area contributed by atoms with Gasteiger partial charge < -0.3 is 20.4 Å². The van der Waals surface area contributed by atoms with Crippen molar-refractivity contribution in [2.45, 2.75) is 20.3 Å². The predicted molar refractivity (Wildman–Crippen MR) is 83.3 cm³/mol. The molecule has 7 heteroatoms. The number of hydrogen-bond acceptors (Lipinski definition) is 5. The summed E-state index contributed by atoms with van der Waals surface area (Å²) in [5.74, 6) is 0.728. The van der Waals surface area contributed by atoms with Gasteiger partial charge in [-0.05, 0) is 18.9 Å². The standard InChI is InChI=1S/C13H22FN5S/c1-6-10-12(19(5)13(15)20-14)17-8-11(18(10)4)9(2)7-16-3/h7-8,15-17H,6H2,1-5H3/b9-7+,15-13?. The molecule has 0 bridgehead atoms. The highest BCUT2D eigenvalue weighted by atomic mass is 32.2. The molecule has 5 nitrogen and oxygen atoms in total. The van der Waals surface area contributed by atoms with E-state index in [1.54, 1.807) is 7.05 Å². The summed E-state index contributed by atoms with van der Waals surface area (Å²) >= 11 is -0.0700. The van der Waals surface area contributed by atoms with Gasteiger partial charge in [0.05, 0.1) is 11.4 Å². The number of nitrogens with zero attached hydrogens (tertiary/aromatic N) is 2. The van der Waals surface area contributed by atoms with Gasteiger partial charge in [0.15, 0.2) is 5.17 Å². The summed E-state index contributed by atoms with van der Waals surface area (Å²) in [5.41, 5.74) is 3.13. The lowest BCUT2D eigenvalue weighted by atomic mass is 10.1. The van der Waals surface area contributed by atoms with Crippen LogP contribution in [0.25, 0.3) is 0 Å². The van der Waals surface area contributed by atoms with E-state index in [2.05, 4.69) is 15.5 Å². The topological polar surface area (TPSA) is 54.4 Å². The summed E-state index contributed by atoms with van der Waals surface area (Å²) in [5, 5.41) is 13.6.